The Morgan fingerprint density at radius 1 is 1.58 bits per heavy atom. The lowest BCUT2D eigenvalue weighted by molar-refractivity contribution is 0.0257. The largest absolute Gasteiger partial charge is 0.496 e. The second-order valence-electron chi connectivity index (χ2n) is 4.88. The third kappa shape index (κ3) is 2.03. The van der Waals surface area contributed by atoms with E-state index >= 15 is 0 Å². The van der Waals surface area contributed by atoms with Crippen LogP contribution in [0.3, 0.4) is 0 Å². The molecule has 5 nitrogen and oxygen atoms in total. The van der Waals surface area contributed by atoms with Crippen LogP contribution in [0.25, 0.3) is 0 Å². The van der Waals surface area contributed by atoms with Crippen LogP contribution in [0, 0.1) is 0 Å². The minimum atomic E-state index is -0.0745. The van der Waals surface area contributed by atoms with E-state index in [2.05, 4.69) is 0 Å². The number of nitrogens with zero attached hydrogens (tertiary/aromatic N) is 1. The highest BCUT2D eigenvalue weighted by Crippen LogP contribution is 2.34. The van der Waals surface area contributed by atoms with Crippen molar-refractivity contribution in [3.05, 3.63) is 22.7 Å². The molecule has 1 amide bonds. The van der Waals surface area contributed by atoms with Gasteiger partial charge in [0.25, 0.3) is 5.91 Å². The van der Waals surface area contributed by atoms with Crippen molar-refractivity contribution in [1.82, 2.24) is 4.90 Å². The van der Waals surface area contributed by atoms with E-state index in [9.17, 15) is 4.79 Å². The first-order valence-corrected chi connectivity index (χ1v) is 6.53. The van der Waals surface area contributed by atoms with Gasteiger partial charge in [0.1, 0.15) is 5.75 Å². The number of carbonyl (C=O) groups is 1. The number of hydrogen-bond donors (Lipinski definition) is 1. The number of nitrogen functional groups attached to an aromatic ring is 1. The molecule has 2 aliphatic rings. The molecular weight excluding hydrogens is 268 g/mol. The Morgan fingerprint density at radius 2 is 2.37 bits per heavy atom. The molecular formula is C13H15ClN2O3. The summed E-state index contributed by atoms with van der Waals surface area (Å²) in [5.41, 5.74) is 6.58. The third-order valence-corrected chi connectivity index (χ3v) is 4.04. The van der Waals surface area contributed by atoms with Crippen LogP contribution in [0.5, 0.6) is 5.75 Å². The van der Waals surface area contributed by atoms with E-state index in [0.717, 1.165) is 6.42 Å². The summed E-state index contributed by atoms with van der Waals surface area (Å²) < 4.78 is 10.7. The van der Waals surface area contributed by atoms with Crippen molar-refractivity contribution >= 4 is 23.2 Å². The SMILES string of the molecule is COc1cc(N)c(Cl)cc1C(=O)N1C[C@@H]2C[C@H]1CO2. The molecule has 2 bridgehead atoms. The van der Waals surface area contributed by atoms with Crippen molar-refractivity contribution < 1.29 is 14.3 Å². The van der Waals surface area contributed by atoms with Gasteiger partial charge in [-0.2, -0.15) is 0 Å². The highest BCUT2D eigenvalue weighted by molar-refractivity contribution is 6.33. The molecule has 2 atom stereocenters. The van der Waals surface area contributed by atoms with Crippen LogP contribution < -0.4 is 10.5 Å². The van der Waals surface area contributed by atoms with Gasteiger partial charge in [-0.15, -0.1) is 0 Å². The molecule has 2 fully saturated rings. The molecule has 0 aliphatic carbocycles. The molecule has 0 spiro atoms. The van der Waals surface area contributed by atoms with Gasteiger partial charge >= 0.3 is 0 Å². The summed E-state index contributed by atoms with van der Waals surface area (Å²) in [6.45, 7) is 1.25. The minimum absolute atomic E-state index is 0.0745. The number of carbonyl (C=O) groups excluding carboxylic acids is 1. The van der Waals surface area contributed by atoms with E-state index in [4.69, 9.17) is 26.8 Å². The maximum absolute atomic E-state index is 12.6. The van der Waals surface area contributed by atoms with E-state index in [-0.39, 0.29) is 18.1 Å². The molecule has 2 N–H and O–H groups in total. The Morgan fingerprint density at radius 3 is 2.95 bits per heavy atom. The minimum Gasteiger partial charge on any atom is -0.496 e. The second-order valence-corrected chi connectivity index (χ2v) is 5.28. The Balaban J connectivity index is 1.93. The zero-order valence-electron chi connectivity index (χ0n) is 10.6. The summed E-state index contributed by atoms with van der Waals surface area (Å²) in [4.78, 5) is 14.4. The fraction of sp³-hybridized carbons (Fsp3) is 0.462. The predicted octanol–water partition coefficient (Wildman–Crippen LogP) is 1.54. The molecule has 2 saturated heterocycles. The normalized spacial score (nSPS) is 24.8. The Labute approximate surface area is 116 Å². The molecule has 0 radical (unpaired) electrons. The molecule has 3 rings (SSSR count). The lowest BCUT2D eigenvalue weighted by Gasteiger charge is -2.27. The molecule has 6 heteroatoms. The van der Waals surface area contributed by atoms with Gasteiger partial charge in [-0.25, -0.2) is 0 Å². The fourth-order valence-corrected chi connectivity index (χ4v) is 2.87. The second kappa shape index (κ2) is 4.58. The summed E-state index contributed by atoms with van der Waals surface area (Å²) in [6.07, 6.45) is 1.08. The number of halogens is 1. The Kier molecular flexibility index (Phi) is 3.03. The number of rotatable bonds is 2. The van der Waals surface area contributed by atoms with Crippen LogP contribution in [0.4, 0.5) is 5.69 Å². The average Bonchev–Trinajstić information content (AvgIpc) is 3.03. The van der Waals surface area contributed by atoms with E-state index in [1.165, 1.54) is 7.11 Å². The zero-order chi connectivity index (χ0) is 13.6. The van der Waals surface area contributed by atoms with Crippen LogP contribution >= 0.6 is 11.6 Å². The first kappa shape index (κ1) is 12.6. The number of amides is 1. The van der Waals surface area contributed by atoms with E-state index in [1.807, 2.05) is 4.90 Å². The van der Waals surface area contributed by atoms with Crippen LogP contribution in [0.15, 0.2) is 12.1 Å². The number of ether oxygens (including phenoxy) is 2. The number of morpholine rings is 1. The van der Waals surface area contributed by atoms with Crippen LogP contribution in [0.2, 0.25) is 5.02 Å². The van der Waals surface area contributed by atoms with Crippen LogP contribution in [0.1, 0.15) is 16.8 Å². The summed E-state index contributed by atoms with van der Waals surface area (Å²) in [7, 11) is 1.51. The summed E-state index contributed by atoms with van der Waals surface area (Å²) in [6, 6.07) is 3.32. The molecule has 1 aromatic carbocycles. The molecule has 102 valence electrons. The standard InChI is InChI=1S/C13H15ClN2O3/c1-18-12-4-11(15)10(14)3-9(12)13(17)16-5-8-2-7(16)6-19-8/h3-4,7-8H,2,5-6,15H2,1H3/t7-,8-/m0/s1. The van der Waals surface area contributed by atoms with Gasteiger partial charge < -0.3 is 20.1 Å². The lowest BCUT2D eigenvalue weighted by Crippen LogP contribution is -2.41. The number of likely N-dealkylation sites (tertiary alicyclic amines) is 1. The molecule has 1 aromatic rings. The highest BCUT2D eigenvalue weighted by Gasteiger charge is 2.42. The first-order valence-electron chi connectivity index (χ1n) is 6.15. The molecule has 0 saturated carbocycles. The maximum atomic E-state index is 12.6. The van der Waals surface area contributed by atoms with Crippen molar-refractivity contribution in [2.45, 2.75) is 18.6 Å². The molecule has 19 heavy (non-hydrogen) atoms. The van der Waals surface area contributed by atoms with Gasteiger partial charge in [0.15, 0.2) is 0 Å². The number of fused-ring (bicyclic) bond motifs is 2. The lowest BCUT2D eigenvalue weighted by atomic mass is 10.1. The fourth-order valence-electron chi connectivity index (χ4n) is 2.71. The van der Waals surface area contributed by atoms with Crippen LogP contribution in [-0.2, 0) is 4.74 Å². The number of methoxy groups -OCH3 is 1. The number of benzene rings is 1. The van der Waals surface area contributed by atoms with Gasteiger partial charge in [0.2, 0.25) is 0 Å². The maximum Gasteiger partial charge on any atom is 0.258 e. The van der Waals surface area contributed by atoms with Crippen molar-refractivity contribution in [2.24, 2.45) is 0 Å². The molecule has 0 aromatic heterocycles. The zero-order valence-corrected chi connectivity index (χ0v) is 11.3. The van der Waals surface area contributed by atoms with E-state index < -0.39 is 0 Å². The molecule has 0 unspecified atom stereocenters. The van der Waals surface area contributed by atoms with Gasteiger partial charge in [0, 0.05) is 12.6 Å². The quantitative estimate of drug-likeness (QED) is 0.836. The average molecular weight is 283 g/mol. The molecule has 2 heterocycles. The topological polar surface area (TPSA) is 64.8 Å². The monoisotopic (exact) mass is 282 g/mol. The van der Waals surface area contributed by atoms with E-state index in [0.29, 0.717) is 35.2 Å². The highest BCUT2D eigenvalue weighted by atomic mass is 35.5. The number of hydrogen-bond acceptors (Lipinski definition) is 4. The van der Waals surface area contributed by atoms with Gasteiger partial charge in [0.05, 0.1) is 42.1 Å². The Bertz CT molecular complexity index is 535. The van der Waals surface area contributed by atoms with E-state index in [1.54, 1.807) is 12.1 Å². The Hall–Kier alpha value is -1.46. The van der Waals surface area contributed by atoms with Gasteiger partial charge in [-0.1, -0.05) is 11.6 Å². The number of nitrogens with two attached hydrogens (primary N) is 1. The summed E-state index contributed by atoms with van der Waals surface area (Å²) in [5.74, 6) is 0.380. The van der Waals surface area contributed by atoms with Gasteiger partial charge in [-0.3, -0.25) is 4.79 Å². The van der Waals surface area contributed by atoms with Gasteiger partial charge in [-0.05, 0) is 12.5 Å². The number of anilines is 1. The van der Waals surface area contributed by atoms with Crippen LogP contribution in [-0.4, -0.2) is 43.2 Å². The third-order valence-electron chi connectivity index (χ3n) is 3.71. The summed E-state index contributed by atoms with van der Waals surface area (Å²) >= 11 is 6.00. The van der Waals surface area contributed by atoms with Crippen molar-refractivity contribution in [1.29, 1.82) is 0 Å². The van der Waals surface area contributed by atoms with Crippen molar-refractivity contribution in [3.63, 3.8) is 0 Å². The first-order chi connectivity index (χ1) is 9.10. The smallest absolute Gasteiger partial charge is 0.258 e. The molecule has 2 aliphatic heterocycles. The summed E-state index contributed by atoms with van der Waals surface area (Å²) in [5, 5.41) is 0.366. The van der Waals surface area contributed by atoms with Crippen molar-refractivity contribution in [2.75, 3.05) is 26.0 Å². The predicted molar refractivity (Wildman–Crippen MR) is 71.6 cm³/mol. The van der Waals surface area contributed by atoms with Crippen molar-refractivity contribution in [3.8, 4) is 5.75 Å².